The number of nitrogens with zero attached hydrogens (tertiary/aromatic N) is 3. The topological polar surface area (TPSA) is 72.8 Å². The van der Waals surface area contributed by atoms with Crippen molar-refractivity contribution in [1.82, 2.24) is 19.7 Å². The third kappa shape index (κ3) is 1.92. The highest BCUT2D eigenvalue weighted by Crippen LogP contribution is 2.30. The Morgan fingerprint density at radius 1 is 1.30 bits per heavy atom. The van der Waals surface area contributed by atoms with E-state index >= 15 is 0 Å². The van der Waals surface area contributed by atoms with E-state index in [-0.39, 0.29) is 5.56 Å². The molecule has 0 aliphatic heterocycles. The summed E-state index contributed by atoms with van der Waals surface area (Å²) >= 11 is 0. The van der Waals surface area contributed by atoms with Crippen molar-refractivity contribution in [3.05, 3.63) is 27.3 Å². The third-order valence-electron chi connectivity index (χ3n) is 3.79. The quantitative estimate of drug-likeness (QED) is 0.897. The molecule has 2 aromatic heterocycles. The van der Waals surface area contributed by atoms with E-state index in [0.29, 0.717) is 11.7 Å². The summed E-state index contributed by atoms with van der Waals surface area (Å²) in [5.41, 5.74) is 3.28. The molecule has 0 saturated heterocycles. The van der Waals surface area contributed by atoms with Gasteiger partial charge in [0, 0.05) is 12.6 Å². The zero-order valence-corrected chi connectivity index (χ0v) is 12.0. The normalized spacial score (nSPS) is 14.2. The van der Waals surface area contributed by atoms with Gasteiger partial charge in [-0.15, -0.1) is 0 Å². The van der Waals surface area contributed by atoms with Crippen molar-refractivity contribution in [2.45, 2.75) is 32.6 Å². The Morgan fingerprint density at radius 3 is 2.80 bits per heavy atom. The van der Waals surface area contributed by atoms with Gasteiger partial charge >= 0.3 is 0 Å². The van der Waals surface area contributed by atoms with Crippen LogP contribution >= 0.6 is 0 Å². The number of aryl methyl sites for hydroxylation is 3. The van der Waals surface area contributed by atoms with Crippen LogP contribution in [0.25, 0.3) is 11.4 Å². The third-order valence-corrected chi connectivity index (χ3v) is 3.79. The molecule has 20 heavy (non-hydrogen) atoms. The van der Waals surface area contributed by atoms with Crippen LogP contribution in [-0.4, -0.2) is 26.9 Å². The van der Waals surface area contributed by atoms with Gasteiger partial charge in [-0.25, -0.2) is 9.67 Å². The van der Waals surface area contributed by atoms with E-state index in [9.17, 15) is 4.79 Å². The van der Waals surface area contributed by atoms with E-state index in [4.69, 9.17) is 4.74 Å². The Balaban J connectivity index is 2.21. The first-order valence-corrected chi connectivity index (χ1v) is 6.82. The summed E-state index contributed by atoms with van der Waals surface area (Å²) in [7, 11) is 3.41. The minimum absolute atomic E-state index is 0.0324. The minimum atomic E-state index is -0.0324. The molecule has 0 aromatic carbocycles. The van der Waals surface area contributed by atoms with E-state index in [2.05, 4.69) is 15.1 Å². The lowest BCUT2D eigenvalue weighted by atomic mass is 9.97. The first-order chi connectivity index (χ1) is 9.61. The number of aromatic amines is 1. The van der Waals surface area contributed by atoms with Gasteiger partial charge in [-0.3, -0.25) is 4.79 Å². The highest BCUT2D eigenvalue weighted by atomic mass is 16.5. The van der Waals surface area contributed by atoms with E-state index in [1.807, 2.05) is 14.0 Å². The summed E-state index contributed by atoms with van der Waals surface area (Å²) in [5.74, 6) is 1.17. The molecule has 0 radical (unpaired) electrons. The smallest absolute Gasteiger partial charge is 0.254 e. The van der Waals surface area contributed by atoms with Gasteiger partial charge in [-0.05, 0) is 32.6 Å². The average Bonchev–Trinajstić information content (AvgIpc) is 2.72. The Bertz CT molecular complexity index is 715. The van der Waals surface area contributed by atoms with Crippen molar-refractivity contribution < 1.29 is 4.74 Å². The molecule has 6 heteroatoms. The van der Waals surface area contributed by atoms with Crippen molar-refractivity contribution >= 4 is 0 Å². The summed E-state index contributed by atoms with van der Waals surface area (Å²) in [5, 5.41) is 4.33. The van der Waals surface area contributed by atoms with Crippen LogP contribution in [0.4, 0.5) is 0 Å². The number of H-pyrrole nitrogens is 1. The lowest BCUT2D eigenvalue weighted by molar-refractivity contribution is 0.374. The van der Waals surface area contributed by atoms with Gasteiger partial charge in [0.25, 0.3) is 5.56 Å². The molecular weight excluding hydrogens is 256 g/mol. The first-order valence-electron chi connectivity index (χ1n) is 6.82. The number of methoxy groups -OCH3 is 1. The monoisotopic (exact) mass is 274 g/mol. The molecule has 0 unspecified atom stereocenters. The number of fused-ring (bicyclic) bond motifs is 1. The summed E-state index contributed by atoms with van der Waals surface area (Å²) in [6.45, 7) is 1.89. The number of aromatic nitrogens is 4. The number of hydrogen-bond acceptors (Lipinski definition) is 4. The molecule has 2 aromatic rings. The highest BCUT2D eigenvalue weighted by Gasteiger charge is 2.21. The summed E-state index contributed by atoms with van der Waals surface area (Å²) in [6.07, 6.45) is 3.84. The molecule has 6 nitrogen and oxygen atoms in total. The maximum absolute atomic E-state index is 12.2. The standard InChI is InChI=1S/C14H18N4O2/c1-8-11(14(20-3)18(2)17-8)12-15-10-7-5-4-6-9(10)13(19)16-12/h4-7H2,1-3H3,(H,15,16,19). The van der Waals surface area contributed by atoms with Crippen LogP contribution in [0.2, 0.25) is 0 Å². The van der Waals surface area contributed by atoms with E-state index < -0.39 is 0 Å². The molecule has 0 saturated carbocycles. The van der Waals surface area contributed by atoms with Crippen molar-refractivity contribution in [2.75, 3.05) is 7.11 Å². The van der Waals surface area contributed by atoms with Crippen LogP contribution in [0.15, 0.2) is 4.79 Å². The summed E-state index contributed by atoms with van der Waals surface area (Å²) < 4.78 is 7.03. The van der Waals surface area contributed by atoms with Gasteiger partial charge in [0.05, 0.1) is 18.5 Å². The zero-order valence-electron chi connectivity index (χ0n) is 12.0. The molecule has 0 spiro atoms. The van der Waals surface area contributed by atoms with Crippen molar-refractivity contribution in [3.8, 4) is 17.3 Å². The molecule has 0 amide bonds. The molecule has 1 aliphatic carbocycles. The predicted octanol–water partition coefficient (Wildman–Crippen LogP) is 1.37. The molecular formula is C14H18N4O2. The molecule has 0 bridgehead atoms. The molecule has 0 fully saturated rings. The van der Waals surface area contributed by atoms with Crippen molar-refractivity contribution in [1.29, 1.82) is 0 Å². The molecule has 1 aliphatic rings. The van der Waals surface area contributed by atoms with Crippen molar-refractivity contribution in [2.24, 2.45) is 7.05 Å². The molecule has 1 N–H and O–H groups in total. The van der Waals surface area contributed by atoms with Crippen molar-refractivity contribution in [3.63, 3.8) is 0 Å². The molecule has 2 heterocycles. The fraction of sp³-hybridized carbons (Fsp3) is 0.500. The Labute approximate surface area is 116 Å². The van der Waals surface area contributed by atoms with Crippen LogP contribution < -0.4 is 10.3 Å². The zero-order chi connectivity index (χ0) is 14.3. The van der Waals surface area contributed by atoms with Crippen LogP contribution in [0.5, 0.6) is 5.88 Å². The predicted molar refractivity (Wildman–Crippen MR) is 75.0 cm³/mol. The lowest BCUT2D eigenvalue weighted by Crippen LogP contribution is -2.21. The minimum Gasteiger partial charge on any atom is -0.481 e. The highest BCUT2D eigenvalue weighted by molar-refractivity contribution is 5.65. The van der Waals surface area contributed by atoms with Crippen LogP contribution in [0, 0.1) is 6.92 Å². The number of hydrogen-bond donors (Lipinski definition) is 1. The second-order valence-electron chi connectivity index (χ2n) is 5.14. The number of nitrogens with one attached hydrogen (secondary N) is 1. The summed E-state index contributed by atoms with van der Waals surface area (Å²) in [6, 6.07) is 0. The number of ether oxygens (including phenoxy) is 1. The summed E-state index contributed by atoms with van der Waals surface area (Å²) in [4.78, 5) is 19.7. The number of rotatable bonds is 2. The Kier molecular flexibility index (Phi) is 3.08. The maximum atomic E-state index is 12.2. The average molecular weight is 274 g/mol. The first kappa shape index (κ1) is 12.9. The van der Waals surface area contributed by atoms with Gasteiger partial charge in [-0.1, -0.05) is 0 Å². The Morgan fingerprint density at radius 2 is 2.05 bits per heavy atom. The second kappa shape index (κ2) is 4.77. The molecule has 0 atom stereocenters. The van der Waals surface area contributed by atoms with Gasteiger partial charge < -0.3 is 9.72 Å². The van der Waals surface area contributed by atoms with E-state index in [1.165, 1.54) is 0 Å². The van der Waals surface area contributed by atoms with Gasteiger partial charge in [0.15, 0.2) is 0 Å². The fourth-order valence-corrected chi connectivity index (χ4v) is 2.87. The van der Waals surface area contributed by atoms with E-state index in [1.54, 1.807) is 11.8 Å². The largest absolute Gasteiger partial charge is 0.481 e. The van der Waals surface area contributed by atoms with Gasteiger partial charge in [0.1, 0.15) is 11.4 Å². The van der Waals surface area contributed by atoms with E-state index in [0.717, 1.165) is 48.2 Å². The second-order valence-corrected chi connectivity index (χ2v) is 5.14. The molecule has 3 rings (SSSR count). The lowest BCUT2D eigenvalue weighted by Gasteiger charge is -2.14. The van der Waals surface area contributed by atoms with Crippen LogP contribution in [-0.2, 0) is 19.9 Å². The van der Waals surface area contributed by atoms with Gasteiger partial charge in [-0.2, -0.15) is 5.10 Å². The molecule has 106 valence electrons. The fourth-order valence-electron chi connectivity index (χ4n) is 2.87. The van der Waals surface area contributed by atoms with Gasteiger partial charge in [0.2, 0.25) is 5.88 Å². The Hall–Kier alpha value is -2.11. The van der Waals surface area contributed by atoms with Crippen LogP contribution in [0.3, 0.4) is 0 Å². The SMILES string of the molecule is COc1c(-c2nc3c(c(=O)[nH]2)CCCC3)c(C)nn1C. The maximum Gasteiger partial charge on any atom is 0.254 e. The van der Waals surface area contributed by atoms with Crippen LogP contribution in [0.1, 0.15) is 29.8 Å².